The van der Waals surface area contributed by atoms with E-state index in [9.17, 15) is 14.7 Å². The van der Waals surface area contributed by atoms with Gasteiger partial charge in [-0.3, -0.25) is 14.6 Å². The summed E-state index contributed by atoms with van der Waals surface area (Å²) in [6.45, 7) is 1.79. The topological polar surface area (TPSA) is 79.3 Å². The van der Waals surface area contributed by atoms with Crippen molar-refractivity contribution in [1.82, 2.24) is 10.3 Å². The predicted octanol–water partition coefficient (Wildman–Crippen LogP) is 2.24. The molecule has 1 heterocycles. The largest absolute Gasteiger partial charge is 0.481 e. The van der Waals surface area contributed by atoms with Crippen molar-refractivity contribution in [2.75, 3.05) is 0 Å². The van der Waals surface area contributed by atoms with E-state index in [0.29, 0.717) is 18.4 Å². The molecule has 2 rings (SSSR count). The van der Waals surface area contributed by atoms with Gasteiger partial charge in [-0.15, -0.1) is 0 Å². The summed E-state index contributed by atoms with van der Waals surface area (Å²) in [6, 6.07) is 2.96. The third kappa shape index (κ3) is 2.81. The molecule has 1 atom stereocenters. The van der Waals surface area contributed by atoms with E-state index in [-0.39, 0.29) is 5.91 Å². The van der Waals surface area contributed by atoms with Crippen molar-refractivity contribution in [2.24, 2.45) is 5.41 Å². The van der Waals surface area contributed by atoms with Gasteiger partial charge in [0.2, 0.25) is 0 Å². The molecule has 1 saturated carbocycles. The summed E-state index contributed by atoms with van der Waals surface area (Å²) >= 11 is 0. The molecule has 1 unspecified atom stereocenters. The van der Waals surface area contributed by atoms with Crippen LogP contribution in [0.1, 0.15) is 49.4 Å². The Kier molecular flexibility index (Phi) is 4.37. The van der Waals surface area contributed by atoms with Crippen molar-refractivity contribution < 1.29 is 14.7 Å². The standard InChI is InChI=1S/C15H20N2O3/c1-11(15(14(19)20)7-3-2-4-8-15)17-13(18)12-6-5-9-16-10-12/h5-6,9-11H,2-4,7-8H2,1H3,(H,17,18)(H,19,20). The van der Waals surface area contributed by atoms with Crippen LogP contribution in [0.3, 0.4) is 0 Å². The van der Waals surface area contributed by atoms with Crippen LogP contribution in [0.5, 0.6) is 0 Å². The molecule has 108 valence electrons. The van der Waals surface area contributed by atoms with Crippen LogP contribution in [-0.4, -0.2) is 28.0 Å². The van der Waals surface area contributed by atoms with Crippen molar-refractivity contribution in [1.29, 1.82) is 0 Å². The Morgan fingerprint density at radius 2 is 2.05 bits per heavy atom. The Bertz CT molecular complexity index is 481. The van der Waals surface area contributed by atoms with E-state index in [4.69, 9.17) is 0 Å². The monoisotopic (exact) mass is 276 g/mol. The smallest absolute Gasteiger partial charge is 0.311 e. The van der Waals surface area contributed by atoms with Gasteiger partial charge in [-0.2, -0.15) is 0 Å². The quantitative estimate of drug-likeness (QED) is 0.884. The fourth-order valence-electron chi connectivity index (χ4n) is 2.93. The number of hydrogen-bond acceptors (Lipinski definition) is 3. The molecular formula is C15H20N2O3. The van der Waals surface area contributed by atoms with Gasteiger partial charge in [0, 0.05) is 18.4 Å². The summed E-state index contributed by atoms with van der Waals surface area (Å²) in [5, 5.41) is 12.4. The normalized spacial score (nSPS) is 19.1. The van der Waals surface area contributed by atoms with Crippen LogP contribution in [0, 0.1) is 5.41 Å². The molecule has 1 aliphatic rings. The lowest BCUT2D eigenvalue weighted by molar-refractivity contribution is -0.152. The van der Waals surface area contributed by atoms with E-state index in [1.807, 2.05) is 0 Å². The van der Waals surface area contributed by atoms with Gasteiger partial charge in [-0.25, -0.2) is 0 Å². The summed E-state index contributed by atoms with van der Waals surface area (Å²) in [5.74, 6) is -1.08. The molecule has 0 radical (unpaired) electrons. The molecule has 1 aliphatic carbocycles. The van der Waals surface area contributed by atoms with Crippen LogP contribution in [0.25, 0.3) is 0 Å². The third-order valence-corrected chi connectivity index (χ3v) is 4.27. The zero-order valence-corrected chi connectivity index (χ0v) is 11.6. The maximum Gasteiger partial charge on any atom is 0.311 e. The SMILES string of the molecule is CC(NC(=O)c1cccnc1)C1(C(=O)O)CCCCC1. The maximum absolute atomic E-state index is 12.1. The summed E-state index contributed by atoms with van der Waals surface area (Å²) < 4.78 is 0. The number of amides is 1. The van der Waals surface area contributed by atoms with Crippen LogP contribution < -0.4 is 5.32 Å². The van der Waals surface area contributed by atoms with Gasteiger partial charge in [0.1, 0.15) is 0 Å². The van der Waals surface area contributed by atoms with Crippen LogP contribution in [-0.2, 0) is 4.79 Å². The third-order valence-electron chi connectivity index (χ3n) is 4.27. The first-order valence-corrected chi connectivity index (χ1v) is 7.00. The summed E-state index contributed by atoms with van der Waals surface area (Å²) in [5.41, 5.74) is -0.383. The Hall–Kier alpha value is -1.91. The van der Waals surface area contributed by atoms with E-state index in [0.717, 1.165) is 19.3 Å². The first kappa shape index (κ1) is 14.5. The van der Waals surface area contributed by atoms with Gasteiger partial charge in [-0.1, -0.05) is 19.3 Å². The highest BCUT2D eigenvalue weighted by Crippen LogP contribution is 2.39. The Labute approximate surface area is 118 Å². The van der Waals surface area contributed by atoms with Gasteiger partial charge in [0.15, 0.2) is 0 Å². The highest BCUT2D eigenvalue weighted by Gasteiger charge is 2.45. The molecule has 5 heteroatoms. The lowest BCUT2D eigenvalue weighted by Crippen LogP contribution is -2.51. The fourth-order valence-corrected chi connectivity index (χ4v) is 2.93. The van der Waals surface area contributed by atoms with Gasteiger partial charge >= 0.3 is 5.97 Å². The Morgan fingerprint density at radius 1 is 1.35 bits per heavy atom. The molecule has 1 aromatic rings. The van der Waals surface area contributed by atoms with Crippen molar-refractivity contribution in [3.05, 3.63) is 30.1 Å². The number of carboxylic acids is 1. The van der Waals surface area contributed by atoms with Gasteiger partial charge < -0.3 is 10.4 Å². The Morgan fingerprint density at radius 3 is 2.60 bits per heavy atom. The minimum Gasteiger partial charge on any atom is -0.481 e. The number of aliphatic carboxylic acids is 1. The van der Waals surface area contributed by atoms with Crippen LogP contribution in [0.15, 0.2) is 24.5 Å². The van der Waals surface area contributed by atoms with Crippen molar-refractivity contribution in [2.45, 2.75) is 45.1 Å². The van der Waals surface area contributed by atoms with Gasteiger partial charge in [0.05, 0.1) is 11.0 Å². The molecule has 0 aliphatic heterocycles. The molecule has 1 aromatic heterocycles. The molecule has 0 spiro atoms. The van der Waals surface area contributed by atoms with Crippen LogP contribution >= 0.6 is 0 Å². The van der Waals surface area contributed by atoms with Crippen molar-refractivity contribution in [3.8, 4) is 0 Å². The van der Waals surface area contributed by atoms with E-state index < -0.39 is 17.4 Å². The Balaban J connectivity index is 2.11. The second-order valence-electron chi connectivity index (χ2n) is 5.46. The molecule has 1 fully saturated rings. The minimum absolute atomic E-state index is 0.267. The second kappa shape index (κ2) is 6.03. The van der Waals surface area contributed by atoms with E-state index in [1.54, 1.807) is 25.3 Å². The molecule has 20 heavy (non-hydrogen) atoms. The average molecular weight is 276 g/mol. The molecule has 0 aromatic carbocycles. The van der Waals surface area contributed by atoms with Crippen molar-refractivity contribution in [3.63, 3.8) is 0 Å². The van der Waals surface area contributed by atoms with E-state index >= 15 is 0 Å². The molecule has 0 bridgehead atoms. The zero-order valence-electron chi connectivity index (χ0n) is 11.6. The number of carbonyl (C=O) groups is 2. The minimum atomic E-state index is -0.837. The predicted molar refractivity (Wildman–Crippen MR) is 74.3 cm³/mol. The summed E-state index contributed by atoms with van der Waals surface area (Å²) in [7, 11) is 0. The van der Waals surface area contributed by atoms with Crippen molar-refractivity contribution >= 4 is 11.9 Å². The number of hydrogen-bond donors (Lipinski definition) is 2. The number of nitrogens with one attached hydrogen (secondary N) is 1. The summed E-state index contributed by atoms with van der Waals surface area (Å²) in [4.78, 5) is 27.7. The molecular weight excluding hydrogens is 256 g/mol. The first-order chi connectivity index (χ1) is 9.56. The fraction of sp³-hybridized carbons (Fsp3) is 0.533. The molecule has 1 amide bonds. The maximum atomic E-state index is 12.1. The second-order valence-corrected chi connectivity index (χ2v) is 5.46. The number of rotatable bonds is 4. The van der Waals surface area contributed by atoms with Crippen LogP contribution in [0.4, 0.5) is 0 Å². The first-order valence-electron chi connectivity index (χ1n) is 7.00. The summed E-state index contributed by atoms with van der Waals surface area (Å²) in [6.07, 6.45) is 7.20. The van der Waals surface area contributed by atoms with Gasteiger partial charge in [-0.05, 0) is 31.9 Å². The highest BCUT2D eigenvalue weighted by molar-refractivity contribution is 5.94. The average Bonchev–Trinajstić information content (AvgIpc) is 2.48. The zero-order chi connectivity index (χ0) is 14.6. The van der Waals surface area contributed by atoms with Gasteiger partial charge in [0.25, 0.3) is 5.91 Å². The number of carbonyl (C=O) groups excluding carboxylic acids is 1. The molecule has 2 N–H and O–H groups in total. The number of aromatic nitrogens is 1. The van der Waals surface area contributed by atoms with Crippen LogP contribution in [0.2, 0.25) is 0 Å². The number of pyridine rings is 1. The highest BCUT2D eigenvalue weighted by atomic mass is 16.4. The lowest BCUT2D eigenvalue weighted by atomic mass is 9.69. The lowest BCUT2D eigenvalue weighted by Gasteiger charge is -2.38. The molecule has 5 nitrogen and oxygen atoms in total. The van der Waals surface area contributed by atoms with E-state index in [1.165, 1.54) is 6.20 Å². The molecule has 0 saturated heterocycles. The number of nitrogens with zero attached hydrogens (tertiary/aromatic N) is 1. The van der Waals surface area contributed by atoms with E-state index in [2.05, 4.69) is 10.3 Å². The number of carboxylic acid groups (broad SMARTS) is 1.